The summed E-state index contributed by atoms with van der Waals surface area (Å²) in [7, 11) is 0. The standard InChI is InChI=1S/C11H16N2/c1-8-3-5-12-7-10(8)11-9(2)4-6-13-11/h3,5,7,9,11,13H,4,6H2,1-2H3. The van der Waals surface area contributed by atoms with Crippen LogP contribution in [0.2, 0.25) is 0 Å². The molecule has 0 aromatic carbocycles. The second-order valence-corrected chi connectivity index (χ2v) is 3.93. The topological polar surface area (TPSA) is 24.9 Å². The maximum atomic E-state index is 4.18. The van der Waals surface area contributed by atoms with E-state index in [0.29, 0.717) is 6.04 Å². The molecule has 70 valence electrons. The lowest BCUT2D eigenvalue weighted by molar-refractivity contribution is 0.500. The summed E-state index contributed by atoms with van der Waals surface area (Å²) in [6.45, 7) is 5.60. The van der Waals surface area contributed by atoms with Crippen molar-refractivity contribution < 1.29 is 0 Å². The highest BCUT2D eigenvalue weighted by molar-refractivity contribution is 5.26. The van der Waals surface area contributed by atoms with E-state index in [2.05, 4.69) is 30.2 Å². The first-order valence-corrected chi connectivity index (χ1v) is 4.93. The molecule has 1 N–H and O–H groups in total. The Morgan fingerprint density at radius 3 is 3.00 bits per heavy atom. The number of nitrogens with zero attached hydrogens (tertiary/aromatic N) is 1. The summed E-state index contributed by atoms with van der Waals surface area (Å²) in [6.07, 6.45) is 5.13. The molecule has 0 amide bonds. The van der Waals surface area contributed by atoms with Crippen molar-refractivity contribution in [3.05, 3.63) is 29.6 Å². The molecular weight excluding hydrogens is 160 g/mol. The fourth-order valence-electron chi connectivity index (χ4n) is 2.05. The van der Waals surface area contributed by atoms with Gasteiger partial charge in [0.05, 0.1) is 0 Å². The molecule has 2 nitrogen and oxygen atoms in total. The van der Waals surface area contributed by atoms with Crippen LogP contribution >= 0.6 is 0 Å². The first-order chi connectivity index (χ1) is 6.29. The van der Waals surface area contributed by atoms with Gasteiger partial charge >= 0.3 is 0 Å². The van der Waals surface area contributed by atoms with Crippen LogP contribution < -0.4 is 5.32 Å². The molecule has 1 saturated heterocycles. The van der Waals surface area contributed by atoms with Crippen LogP contribution in [0.5, 0.6) is 0 Å². The summed E-state index contributed by atoms with van der Waals surface area (Å²) in [5, 5.41) is 3.52. The van der Waals surface area contributed by atoms with Gasteiger partial charge in [0.1, 0.15) is 0 Å². The van der Waals surface area contributed by atoms with Crippen LogP contribution in [0.4, 0.5) is 0 Å². The van der Waals surface area contributed by atoms with Crippen molar-refractivity contribution in [1.82, 2.24) is 10.3 Å². The van der Waals surface area contributed by atoms with Crippen LogP contribution in [-0.2, 0) is 0 Å². The van der Waals surface area contributed by atoms with Gasteiger partial charge in [-0.3, -0.25) is 4.98 Å². The number of aryl methyl sites for hydroxylation is 1. The molecule has 0 saturated carbocycles. The van der Waals surface area contributed by atoms with Crippen molar-refractivity contribution in [1.29, 1.82) is 0 Å². The quantitative estimate of drug-likeness (QED) is 0.708. The molecule has 0 bridgehead atoms. The lowest BCUT2D eigenvalue weighted by Gasteiger charge is -2.17. The van der Waals surface area contributed by atoms with Crippen LogP contribution in [0.15, 0.2) is 18.5 Å². The highest BCUT2D eigenvalue weighted by Gasteiger charge is 2.25. The van der Waals surface area contributed by atoms with Crippen LogP contribution in [0.3, 0.4) is 0 Å². The van der Waals surface area contributed by atoms with Crippen molar-refractivity contribution in [2.24, 2.45) is 5.92 Å². The molecule has 2 unspecified atom stereocenters. The van der Waals surface area contributed by atoms with Gasteiger partial charge in [0.2, 0.25) is 0 Å². The Bertz CT molecular complexity index is 296. The zero-order valence-electron chi connectivity index (χ0n) is 8.25. The van der Waals surface area contributed by atoms with Gasteiger partial charge in [0.15, 0.2) is 0 Å². The van der Waals surface area contributed by atoms with Crippen molar-refractivity contribution in [3.8, 4) is 0 Å². The number of pyridine rings is 1. The molecular formula is C11H16N2. The third-order valence-corrected chi connectivity index (χ3v) is 2.95. The third kappa shape index (κ3) is 1.59. The second-order valence-electron chi connectivity index (χ2n) is 3.93. The molecule has 1 aromatic heterocycles. The Morgan fingerprint density at radius 1 is 1.54 bits per heavy atom. The minimum Gasteiger partial charge on any atom is -0.310 e. The Kier molecular flexibility index (Phi) is 2.32. The molecule has 0 aliphatic carbocycles. The fraction of sp³-hybridized carbons (Fsp3) is 0.545. The van der Waals surface area contributed by atoms with E-state index in [1.165, 1.54) is 17.5 Å². The molecule has 1 aliphatic rings. The Morgan fingerprint density at radius 2 is 2.38 bits per heavy atom. The molecule has 0 spiro atoms. The molecule has 0 radical (unpaired) electrons. The van der Waals surface area contributed by atoms with Gasteiger partial charge in [-0.2, -0.15) is 0 Å². The summed E-state index contributed by atoms with van der Waals surface area (Å²) in [5.41, 5.74) is 2.72. The maximum Gasteiger partial charge on any atom is 0.0364 e. The number of hydrogen-bond donors (Lipinski definition) is 1. The predicted octanol–water partition coefficient (Wildman–Crippen LogP) is 2.06. The van der Waals surface area contributed by atoms with Gasteiger partial charge in [0.25, 0.3) is 0 Å². The molecule has 2 rings (SSSR count). The average Bonchev–Trinajstić information content (AvgIpc) is 2.52. The van der Waals surface area contributed by atoms with Crippen LogP contribution in [0.1, 0.15) is 30.5 Å². The van der Waals surface area contributed by atoms with E-state index < -0.39 is 0 Å². The van der Waals surface area contributed by atoms with E-state index in [1.807, 2.05) is 12.4 Å². The largest absolute Gasteiger partial charge is 0.310 e. The normalized spacial score (nSPS) is 27.8. The van der Waals surface area contributed by atoms with Gasteiger partial charge in [-0.05, 0) is 43.0 Å². The van der Waals surface area contributed by atoms with Crippen molar-refractivity contribution in [2.75, 3.05) is 6.54 Å². The minimum absolute atomic E-state index is 0.522. The number of hydrogen-bond acceptors (Lipinski definition) is 2. The van der Waals surface area contributed by atoms with Gasteiger partial charge < -0.3 is 5.32 Å². The molecule has 2 heterocycles. The lowest BCUT2D eigenvalue weighted by Crippen LogP contribution is -2.17. The number of aromatic nitrogens is 1. The van der Waals surface area contributed by atoms with Gasteiger partial charge in [0, 0.05) is 18.4 Å². The smallest absolute Gasteiger partial charge is 0.0364 e. The van der Waals surface area contributed by atoms with E-state index in [0.717, 1.165) is 12.5 Å². The van der Waals surface area contributed by atoms with Crippen LogP contribution in [0.25, 0.3) is 0 Å². The third-order valence-electron chi connectivity index (χ3n) is 2.95. The van der Waals surface area contributed by atoms with Crippen LogP contribution in [-0.4, -0.2) is 11.5 Å². The van der Waals surface area contributed by atoms with Crippen molar-refractivity contribution in [2.45, 2.75) is 26.3 Å². The van der Waals surface area contributed by atoms with Gasteiger partial charge in [-0.15, -0.1) is 0 Å². The molecule has 13 heavy (non-hydrogen) atoms. The Hall–Kier alpha value is -0.890. The average molecular weight is 176 g/mol. The highest BCUT2D eigenvalue weighted by atomic mass is 15.0. The molecule has 1 aliphatic heterocycles. The molecule has 2 atom stereocenters. The SMILES string of the molecule is Cc1ccncc1C1NCCC1C. The highest BCUT2D eigenvalue weighted by Crippen LogP contribution is 2.29. The first-order valence-electron chi connectivity index (χ1n) is 4.93. The van der Waals surface area contributed by atoms with Gasteiger partial charge in [-0.25, -0.2) is 0 Å². The summed E-state index contributed by atoms with van der Waals surface area (Å²) < 4.78 is 0. The van der Waals surface area contributed by atoms with Crippen molar-refractivity contribution in [3.63, 3.8) is 0 Å². The summed E-state index contributed by atoms with van der Waals surface area (Å²) in [5.74, 6) is 0.739. The maximum absolute atomic E-state index is 4.18. The van der Waals surface area contributed by atoms with E-state index in [9.17, 15) is 0 Å². The summed E-state index contributed by atoms with van der Waals surface area (Å²) in [4.78, 5) is 4.18. The van der Waals surface area contributed by atoms with E-state index in [4.69, 9.17) is 0 Å². The monoisotopic (exact) mass is 176 g/mol. The van der Waals surface area contributed by atoms with Crippen molar-refractivity contribution >= 4 is 0 Å². The lowest BCUT2D eigenvalue weighted by atomic mass is 9.94. The molecule has 1 fully saturated rings. The van der Waals surface area contributed by atoms with Crippen LogP contribution in [0, 0.1) is 12.8 Å². The Labute approximate surface area is 79.4 Å². The summed E-state index contributed by atoms with van der Waals surface area (Å²) in [6, 6.07) is 2.61. The van der Waals surface area contributed by atoms with Gasteiger partial charge in [-0.1, -0.05) is 6.92 Å². The van der Waals surface area contributed by atoms with E-state index >= 15 is 0 Å². The zero-order chi connectivity index (χ0) is 9.26. The fourth-order valence-corrected chi connectivity index (χ4v) is 2.05. The van der Waals surface area contributed by atoms with E-state index in [-0.39, 0.29) is 0 Å². The second kappa shape index (κ2) is 3.46. The zero-order valence-corrected chi connectivity index (χ0v) is 8.25. The predicted molar refractivity (Wildman–Crippen MR) is 53.5 cm³/mol. The Balaban J connectivity index is 2.29. The number of rotatable bonds is 1. The summed E-state index contributed by atoms with van der Waals surface area (Å²) >= 11 is 0. The molecule has 1 aromatic rings. The number of nitrogens with one attached hydrogen (secondary N) is 1. The minimum atomic E-state index is 0.522. The first kappa shape index (κ1) is 8.70. The van der Waals surface area contributed by atoms with E-state index in [1.54, 1.807) is 0 Å². The molecule has 2 heteroatoms.